The molecule has 2 amide bonds. The lowest BCUT2D eigenvalue weighted by atomic mass is 9.86. The van der Waals surface area contributed by atoms with Crippen molar-refractivity contribution >= 4 is 17.6 Å². The summed E-state index contributed by atoms with van der Waals surface area (Å²) in [5, 5.41) is 7.72. The molecule has 0 aliphatic carbocycles. The molecule has 7 nitrogen and oxygen atoms in total. The lowest BCUT2D eigenvalue weighted by Crippen LogP contribution is -2.38. The molecule has 0 bridgehead atoms. The van der Waals surface area contributed by atoms with Crippen molar-refractivity contribution in [2.45, 2.75) is 59.3 Å². The molecule has 0 aliphatic heterocycles. The molecule has 0 fully saturated rings. The van der Waals surface area contributed by atoms with Crippen LogP contribution in [-0.2, 0) is 15.6 Å². The third-order valence-corrected chi connectivity index (χ3v) is 6.06. The molecule has 7 heteroatoms. The Balaban J connectivity index is 1.80. The number of carbonyl (C=O) groups excluding carboxylic acids is 2. The second-order valence-corrected chi connectivity index (χ2v) is 11.0. The number of ether oxygens (including phenoxy) is 1. The van der Waals surface area contributed by atoms with Crippen LogP contribution < -0.4 is 10.1 Å². The van der Waals surface area contributed by atoms with E-state index >= 15 is 0 Å². The van der Waals surface area contributed by atoms with E-state index in [2.05, 4.69) is 46.9 Å². The van der Waals surface area contributed by atoms with Crippen molar-refractivity contribution < 1.29 is 14.3 Å². The van der Waals surface area contributed by atoms with Gasteiger partial charge in [-0.05, 0) is 54.3 Å². The van der Waals surface area contributed by atoms with Crippen molar-refractivity contribution in [2.24, 2.45) is 0 Å². The predicted molar refractivity (Wildman–Crippen MR) is 144 cm³/mol. The Morgan fingerprint density at radius 2 is 1.56 bits per heavy atom. The fraction of sp³-hybridized carbons (Fsp3) is 0.414. The van der Waals surface area contributed by atoms with Gasteiger partial charge in [0.25, 0.3) is 5.91 Å². The number of hydrogen-bond acceptors (Lipinski definition) is 4. The number of rotatable bonds is 7. The molecule has 0 spiro atoms. The number of hydrogen-bond donors (Lipinski definition) is 1. The molecule has 2 aromatic carbocycles. The first-order valence-corrected chi connectivity index (χ1v) is 12.3. The van der Waals surface area contributed by atoms with Gasteiger partial charge in [0, 0.05) is 23.6 Å². The predicted octanol–water partition coefficient (Wildman–Crippen LogP) is 5.58. The molecule has 3 rings (SSSR count). The van der Waals surface area contributed by atoms with Crippen molar-refractivity contribution in [3.05, 3.63) is 71.4 Å². The van der Waals surface area contributed by atoms with Crippen LogP contribution in [0.4, 0.5) is 5.82 Å². The lowest BCUT2D eigenvalue weighted by molar-refractivity contribution is -0.116. The van der Waals surface area contributed by atoms with Gasteiger partial charge >= 0.3 is 0 Å². The molecule has 192 valence electrons. The van der Waals surface area contributed by atoms with E-state index in [1.54, 1.807) is 16.7 Å². The van der Waals surface area contributed by atoms with Crippen LogP contribution in [-0.4, -0.2) is 46.7 Å². The average molecular weight is 491 g/mol. The Hall–Kier alpha value is -3.61. The van der Waals surface area contributed by atoms with Crippen molar-refractivity contribution in [1.29, 1.82) is 0 Å². The summed E-state index contributed by atoms with van der Waals surface area (Å²) in [6.45, 7) is 14.8. The number of nitrogens with one attached hydrogen (secondary N) is 1. The van der Waals surface area contributed by atoms with Crippen LogP contribution in [0.5, 0.6) is 5.75 Å². The van der Waals surface area contributed by atoms with Gasteiger partial charge in [0.2, 0.25) is 5.91 Å². The number of methoxy groups -OCH3 is 1. The highest BCUT2D eigenvalue weighted by atomic mass is 16.5. The first-order chi connectivity index (χ1) is 16.8. The minimum atomic E-state index is -0.286. The largest absolute Gasteiger partial charge is 0.497 e. The molecule has 1 aromatic heterocycles. The standard InChI is InChI=1S/C29H38N4O3/c1-9-32(27(35)20-10-12-21(13-11-20)28(2,3)4)19-26(34)30-25-18-24(29(5,6)7)31-33(25)22-14-16-23(36-8)17-15-22/h10-18H,9,19H2,1-8H3,(H,30,34). The Labute approximate surface area is 214 Å². The summed E-state index contributed by atoms with van der Waals surface area (Å²) in [6, 6.07) is 17.0. The molecule has 0 radical (unpaired) electrons. The van der Waals surface area contributed by atoms with Gasteiger partial charge < -0.3 is 15.0 Å². The molecular weight excluding hydrogens is 452 g/mol. The van der Waals surface area contributed by atoms with Gasteiger partial charge in [-0.15, -0.1) is 0 Å². The Morgan fingerprint density at radius 1 is 0.944 bits per heavy atom. The highest BCUT2D eigenvalue weighted by Gasteiger charge is 2.23. The van der Waals surface area contributed by atoms with Crippen LogP contribution in [0.3, 0.4) is 0 Å². The highest BCUT2D eigenvalue weighted by Crippen LogP contribution is 2.27. The van der Waals surface area contributed by atoms with Gasteiger partial charge in [-0.1, -0.05) is 53.7 Å². The van der Waals surface area contributed by atoms with Crippen molar-refractivity contribution in [3.8, 4) is 11.4 Å². The molecule has 0 aliphatic rings. The molecule has 3 aromatic rings. The number of likely N-dealkylation sites (N-methyl/N-ethyl adjacent to an activating group) is 1. The quantitative estimate of drug-likeness (QED) is 0.469. The van der Waals surface area contributed by atoms with Gasteiger partial charge in [-0.2, -0.15) is 5.10 Å². The third kappa shape index (κ3) is 6.33. The van der Waals surface area contributed by atoms with E-state index in [0.29, 0.717) is 17.9 Å². The normalized spacial score (nSPS) is 11.8. The maximum absolute atomic E-state index is 13.1. The van der Waals surface area contributed by atoms with Crippen LogP contribution in [0.2, 0.25) is 0 Å². The summed E-state index contributed by atoms with van der Waals surface area (Å²) in [5.74, 6) is 0.826. The lowest BCUT2D eigenvalue weighted by Gasteiger charge is -2.22. The fourth-order valence-electron chi connectivity index (χ4n) is 3.74. The monoisotopic (exact) mass is 490 g/mol. The Bertz CT molecular complexity index is 1200. The number of anilines is 1. The van der Waals surface area contributed by atoms with Gasteiger partial charge in [0.05, 0.1) is 18.5 Å². The summed E-state index contributed by atoms with van der Waals surface area (Å²) in [7, 11) is 1.62. The first-order valence-electron chi connectivity index (χ1n) is 12.3. The maximum atomic E-state index is 13.1. The molecule has 0 saturated heterocycles. The van der Waals surface area contributed by atoms with E-state index in [4.69, 9.17) is 9.84 Å². The average Bonchev–Trinajstić information content (AvgIpc) is 3.26. The number of aromatic nitrogens is 2. The van der Waals surface area contributed by atoms with Crippen molar-refractivity contribution in [2.75, 3.05) is 25.5 Å². The second kappa shape index (κ2) is 10.6. The van der Waals surface area contributed by atoms with E-state index < -0.39 is 0 Å². The highest BCUT2D eigenvalue weighted by molar-refractivity contribution is 5.99. The molecular formula is C29H38N4O3. The van der Waals surface area contributed by atoms with Gasteiger partial charge in [0.1, 0.15) is 18.1 Å². The van der Waals surface area contributed by atoms with Crippen molar-refractivity contribution in [3.63, 3.8) is 0 Å². The zero-order valence-corrected chi connectivity index (χ0v) is 22.7. The van der Waals surface area contributed by atoms with Crippen LogP contribution >= 0.6 is 0 Å². The Morgan fingerprint density at radius 3 is 2.06 bits per heavy atom. The number of carbonyl (C=O) groups is 2. The summed E-state index contributed by atoms with van der Waals surface area (Å²) in [6.07, 6.45) is 0. The van der Waals surface area contributed by atoms with E-state index in [9.17, 15) is 9.59 Å². The Kier molecular flexibility index (Phi) is 7.92. The molecule has 0 unspecified atom stereocenters. The zero-order chi connectivity index (χ0) is 26.7. The fourth-order valence-corrected chi connectivity index (χ4v) is 3.74. The minimum absolute atomic E-state index is 0.00461. The minimum Gasteiger partial charge on any atom is -0.497 e. The van der Waals surface area contributed by atoms with Gasteiger partial charge in [-0.3, -0.25) is 9.59 Å². The summed E-state index contributed by atoms with van der Waals surface area (Å²) >= 11 is 0. The number of nitrogens with zero attached hydrogens (tertiary/aromatic N) is 3. The molecule has 36 heavy (non-hydrogen) atoms. The van der Waals surface area contributed by atoms with E-state index in [1.165, 1.54) is 0 Å². The van der Waals surface area contributed by atoms with Crippen LogP contribution in [0.1, 0.15) is 70.1 Å². The number of benzene rings is 2. The van der Waals surface area contributed by atoms with Gasteiger partial charge in [-0.25, -0.2) is 4.68 Å². The SMILES string of the molecule is CCN(CC(=O)Nc1cc(C(C)(C)C)nn1-c1ccc(OC)cc1)C(=O)c1ccc(C(C)(C)C)cc1. The molecule has 0 saturated carbocycles. The van der Waals surface area contributed by atoms with Crippen molar-refractivity contribution in [1.82, 2.24) is 14.7 Å². The first kappa shape index (κ1) is 27.0. The van der Waals surface area contributed by atoms with E-state index in [0.717, 1.165) is 22.7 Å². The van der Waals surface area contributed by atoms with E-state index in [1.807, 2.05) is 61.5 Å². The summed E-state index contributed by atoms with van der Waals surface area (Å²) in [5.41, 5.74) is 3.16. The zero-order valence-electron chi connectivity index (χ0n) is 22.7. The smallest absolute Gasteiger partial charge is 0.254 e. The molecule has 0 atom stereocenters. The third-order valence-electron chi connectivity index (χ3n) is 6.06. The topological polar surface area (TPSA) is 76.5 Å². The van der Waals surface area contributed by atoms with E-state index in [-0.39, 0.29) is 29.2 Å². The summed E-state index contributed by atoms with van der Waals surface area (Å²) < 4.78 is 6.97. The van der Waals surface area contributed by atoms with Gasteiger partial charge in [0.15, 0.2) is 0 Å². The summed E-state index contributed by atoms with van der Waals surface area (Å²) in [4.78, 5) is 27.7. The maximum Gasteiger partial charge on any atom is 0.254 e. The van der Waals surface area contributed by atoms with Crippen LogP contribution in [0.15, 0.2) is 54.6 Å². The molecule has 1 N–H and O–H groups in total. The van der Waals surface area contributed by atoms with Crippen LogP contribution in [0.25, 0.3) is 5.69 Å². The molecule has 1 heterocycles. The second-order valence-electron chi connectivity index (χ2n) is 11.0. The van der Waals surface area contributed by atoms with Crippen LogP contribution in [0, 0.1) is 0 Å². The number of amides is 2.